The van der Waals surface area contributed by atoms with Crippen molar-refractivity contribution >= 4 is 17.0 Å². The zero-order valence-electron chi connectivity index (χ0n) is 10.9. The zero-order valence-corrected chi connectivity index (χ0v) is 11.7. The van der Waals surface area contributed by atoms with E-state index in [1.807, 2.05) is 14.0 Å². The molecule has 0 bridgehead atoms. The average molecular weight is 278 g/mol. The van der Waals surface area contributed by atoms with E-state index in [1.165, 1.54) is 17.4 Å². The second kappa shape index (κ2) is 5.41. The standard InChI is InChI=1S/C12H14N4O2S/c1-7-6-9(4-5-10(7)16(17)18)12-15-14-11(19-12)8(2)13-3/h4-6,8,13H,1-3H3. The molecule has 19 heavy (non-hydrogen) atoms. The van der Waals surface area contributed by atoms with Gasteiger partial charge in [0, 0.05) is 17.2 Å². The van der Waals surface area contributed by atoms with E-state index in [0.29, 0.717) is 5.56 Å². The van der Waals surface area contributed by atoms with E-state index in [-0.39, 0.29) is 16.7 Å². The number of nitro benzene ring substituents is 1. The van der Waals surface area contributed by atoms with Gasteiger partial charge in [0.25, 0.3) is 5.69 Å². The average Bonchev–Trinajstić information content (AvgIpc) is 2.86. The molecule has 0 spiro atoms. The number of rotatable bonds is 4. The minimum absolute atomic E-state index is 0.122. The fraction of sp³-hybridized carbons (Fsp3) is 0.333. The van der Waals surface area contributed by atoms with E-state index in [4.69, 9.17) is 0 Å². The Morgan fingerprint density at radius 2 is 2.16 bits per heavy atom. The first kappa shape index (κ1) is 13.6. The number of nitrogens with zero attached hydrogens (tertiary/aromatic N) is 3. The first-order valence-corrected chi connectivity index (χ1v) is 6.60. The lowest BCUT2D eigenvalue weighted by Crippen LogP contribution is -2.11. The van der Waals surface area contributed by atoms with Crippen molar-refractivity contribution in [1.82, 2.24) is 15.5 Å². The van der Waals surface area contributed by atoms with Crippen molar-refractivity contribution < 1.29 is 4.92 Å². The van der Waals surface area contributed by atoms with Crippen LogP contribution in [0, 0.1) is 17.0 Å². The summed E-state index contributed by atoms with van der Waals surface area (Å²) >= 11 is 1.49. The SMILES string of the molecule is CNC(C)c1nnc(-c2ccc([N+](=O)[O-])c(C)c2)s1. The number of nitro groups is 1. The molecule has 6 nitrogen and oxygen atoms in total. The largest absolute Gasteiger partial charge is 0.311 e. The van der Waals surface area contributed by atoms with Gasteiger partial charge < -0.3 is 5.32 Å². The monoisotopic (exact) mass is 278 g/mol. The predicted octanol–water partition coefficient (Wildman–Crippen LogP) is 2.70. The third-order valence-electron chi connectivity index (χ3n) is 2.88. The smallest absolute Gasteiger partial charge is 0.272 e. The van der Waals surface area contributed by atoms with Crippen LogP contribution in [0.25, 0.3) is 10.6 Å². The summed E-state index contributed by atoms with van der Waals surface area (Å²) in [6.45, 7) is 3.73. The fourth-order valence-corrected chi connectivity index (χ4v) is 2.54. The molecular formula is C12H14N4O2S. The summed E-state index contributed by atoms with van der Waals surface area (Å²) in [4.78, 5) is 10.4. The predicted molar refractivity (Wildman–Crippen MR) is 74.2 cm³/mol. The molecule has 0 amide bonds. The maximum atomic E-state index is 10.8. The van der Waals surface area contributed by atoms with Crippen LogP contribution < -0.4 is 5.32 Å². The summed E-state index contributed by atoms with van der Waals surface area (Å²) in [5.41, 5.74) is 1.60. The summed E-state index contributed by atoms with van der Waals surface area (Å²) < 4.78 is 0. The molecule has 1 heterocycles. The number of hydrogen-bond donors (Lipinski definition) is 1. The van der Waals surface area contributed by atoms with E-state index in [9.17, 15) is 10.1 Å². The number of hydrogen-bond acceptors (Lipinski definition) is 6. The topological polar surface area (TPSA) is 81.0 Å². The second-order valence-electron chi connectivity index (χ2n) is 4.21. The van der Waals surface area contributed by atoms with Crippen molar-refractivity contribution in [3.05, 3.63) is 38.9 Å². The first-order valence-electron chi connectivity index (χ1n) is 5.79. The molecule has 2 rings (SSSR count). The van der Waals surface area contributed by atoms with Crippen molar-refractivity contribution in [2.45, 2.75) is 19.9 Å². The van der Waals surface area contributed by atoms with Crippen LogP contribution in [-0.2, 0) is 0 Å². The van der Waals surface area contributed by atoms with Gasteiger partial charge in [0.2, 0.25) is 0 Å². The molecule has 0 saturated heterocycles. The van der Waals surface area contributed by atoms with Gasteiger partial charge in [-0.3, -0.25) is 10.1 Å². The lowest BCUT2D eigenvalue weighted by molar-refractivity contribution is -0.385. The minimum atomic E-state index is -0.381. The maximum absolute atomic E-state index is 10.8. The fourth-order valence-electron chi connectivity index (χ4n) is 1.64. The molecule has 0 aliphatic rings. The van der Waals surface area contributed by atoms with Gasteiger partial charge in [0.15, 0.2) is 0 Å². The minimum Gasteiger partial charge on any atom is -0.311 e. The van der Waals surface area contributed by atoms with Crippen LogP contribution in [0.1, 0.15) is 23.5 Å². The third kappa shape index (κ3) is 2.77. The van der Waals surface area contributed by atoms with Crippen LogP contribution in [-0.4, -0.2) is 22.2 Å². The molecule has 0 saturated carbocycles. The van der Waals surface area contributed by atoms with E-state index in [2.05, 4.69) is 15.5 Å². The highest BCUT2D eigenvalue weighted by molar-refractivity contribution is 7.14. The first-order chi connectivity index (χ1) is 9.02. The van der Waals surface area contributed by atoms with Crippen molar-refractivity contribution in [1.29, 1.82) is 0 Å². The van der Waals surface area contributed by atoms with Crippen molar-refractivity contribution in [3.63, 3.8) is 0 Å². The van der Waals surface area contributed by atoms with Crippen LogP contribution >= 0.6 is 11.3 Å². The molecule has 7 heteroatoms. The molecule has 0 fully saturated rings. The molecule has 1 atom stereocenters. The molecular weight excluding hydrogens is 264 g/mol. The van der Waals surface area contributed by atoms with E-state index in [0.717, 1.165) is 15.6 Å². The van der Waals surface area contributed by atoms with Gasteiger partial charge in [-0.2, -0.15) is 0 Å². The Kier molecular flexibility index (Phi) is 3.87. The Balaban J connectivity index is 2.35. The summed E-state index contributed by atoms with van der Waals surface area (Å²) in [6.07, 6.45) is 0. The summed E-state index contributed by atoms with van der Waals surface area (Å²) in [5.74, 6) is 0. The van der Waals surface area contributed by atoms with Gasteiger partial charge in [0.05, 0.1) is 11.0 Å². The molecule has 1 N–H and O–H groups in total. The van der Waals surface area contributed by atoms with Crippen LogP contribution in [0.15, 0.2) is 18.2 Å². The molecule has 1 aromatic carbocycles. The number of benzene rings is 1. The molecule has 0 aliphatic heterocycles. The van der Waals surface area contributed by atoms with E-state index < -0.39 is 0 Å². The highest BCUT2D eigenvalue weighted by atomic mass is 32.1. The molecule has 100 valence electrons. The number of nitrogens with one attached hydrogen (secondary N) is 1. The Morgan fingerprint density at radius 1 is 1.42 bits per heavy atom. The lowest BCUT2D eigenvalue weighted by atomic mass is 10.1. The van der Waals surface area contributed by atoms with Gasteiger partial charge in [-0.05, 0) is 33.0 Å². The molecule has 0 radical (unpaired) electrons. The van der Waals surface area contributed by atoms with Crippen LogP contribution in [0.5, 0.6) is 0 Å². The van der Waals surface area contributed by atoms with Crippen molar-refractivity contribution in [3.8, 4) is 10.6 Å². The van der Waals surface area contributed by atoms with Gasteiger partial charge in [-0.25, -0.2) is 0 Å². The highest BCUT2D eigenvalue weighted by Crippen LogP contribution is 2.29. The normalized spacial score (nSPS) is 12.4. The van der Waals surface area contributed by atoms with Gasteiger partial charge in [-0.15, -0.1) is 10.2 Å². The summed E-state index contributed by atoms with van der Waals surface area (Å²) in [6, 6.07) is 5.13. The second-order valence-corrected chi connectivity index (χ2v) is 5.22. The highest BCUT2D eigenvalue weighted by Gasteiger charge is 2.15. The Morgan fingerprint density at radius 3 is 2.74 bits per heavy atom. The van der Waals surface area contributed by atoms with Gasteiger partial charge in [0.1, 0.15) is 10.0 Å². The third-order valence-corrected chi connectivity index (χ3v) is 4.04. The number of aromatic nitrogens is 2. The lowest BCUT2D eigenvalue weighted by Gasteiger charge is -2.03. The quantitative estimate of drug-likeness (QED) is 0.687. The summed E-state index contributed by atoms with van der Waals surface area (Å²) in [5, 5.41) is 23.8. The molecule has 1 aromatic heterocycles. The van der Waals surface area contributed by atoms with Gasteiger partial charge >= 0.3 is 0 Å². The Bertz CT molecular complexity index is 612. The van der Waals surface area contributed by atoms with Gasteiger partial charge in [-0.1, -0.05) is 11.3 Å². The van der Waals surface area contributed by atoms with Crippen molar-refractivity contribution in [2.75, 3.05) is 7.05 Å². The summed E-state index contributed by atoms with van der Waals surface area (Å²) in [7, 11) is 1.86. The van der Waals surface area contributed by atoms with Crippen LogP contribution in [0.3, 0.4) is 0 Å². The Hall–Kier alpha value is -1.86. The Labute approximate surface area is 114 Å². The molecule has 2 aromatic rings. The van der Waals surface area contributed by atoms with Crippen molar-refractivity contribution in [2.24, 2.45) is 0 Å². The maximum Gasteiger partial charge on any atom is 0.272 e. The molecule has 1 unspecified atom stereocenters. The number of aryl methyl sites for hydroxylation is 1. The van der Waals surface area contributed by atoms with E-state index >= 15 is 0 Å². The van der Waals surface area contributed by atoms with Crippen LogP contribution in [0.4, 0.5) is 5.69 Å². The zero-order chi connectivity index (χ0) is 14.0. The van der Waals surface area contributed by atoms with Crippen LogP contribution in [0.2, 0.25) is 0 Å². The molecule has 0 aliphatic carbocycles. The van der Waals surface area contributed by atoms with E-state index in [1.54, 1.807) is 19.1 Å².